The van der Waals surface area contributed by atoms with Crippen LogP contribution in [0, 0.1) is 0 Å². The largest absolute Gasteiger partial charge is 0.196 e. The Kier molecular flexibility index (Phi) is 1.26. The molecule has 0 spiro atoms. The minimum atomic E-state index is 0.407. The van der Waals surface area contributed by atoms with Gasteiger partial charge in [-0.3, -0.25) is 0 Å². The van der Waals surface area contributed by atoms with Crippen LogP contribution in [0.5, 0.6) is 0 Å². The molecular weight excluding hydrogens is 132 g/mol. The van der Waals surface area contributed by atoms with Gasteiger partial charge in [-0.25, -0.2) is 0 Å². The van der Waals surface area contributed by atoms with E-state index in [9.17, 15) is 0 Å². The molecule has 1 heterocycles. The van der Waals surface area contributed by atoms with Gasteiger partial charge in [0, 0.05) is 0 Å². The van der Waals surface area contributed by atoms with Crippen LogP contribution in [0.15, 0.2) is 0 Å². The van der Waals surface area contributed by atoms with Gasteiger partial charge < -0.3 is 0 Å². The van der Waals surface area contributed by atoms with Crippen LogP contribution in [0.3, 0.4) is 0 Å². The molecular formula is C2H3ClN3P. The Hall–Kier alpha value is -0.140. The number of halogens is 1. The molecule has 0 bridgehead atoms. The standard InChI is InChI=1S/C2H3ClN3P/c3-1-2(7)5-6-4-1/h7H2,(H,4,5,6). The number of rotatable bonds is 0. The molecule has 0 saturated heterocycles. The SMILES string of the molecule is Pc1n[nH]nc1Cl. The summed E-state index contributed by atoms with van der Waals surface area (Å²) >= 11 is 5.40. The molecule has 1 atom stereocenters. The molecule has 0 fully saturated rings. The average molecular weight is 135 g/mol. The van der Waals surface area contributed by atoms with E-state index >= 15 is 0 Å². The quantitative estimate of drug-likeness (QED) is 0.507. The summed E-state index contributed by atoms with van der Waals surface area (Å²) in [5.74, 6) is 0. The zero-order valence-corrected chi connectivity index (χ0v) is 5.26. The number of aromatic amines is 1. The van der Waals surface area contributed by atoms with Gasteiger partial charge in [-0.1, -0.05) is 20.8 Å². The predicted octanol–water partition coefficient (Wildman–Crippen LogP) is -0.0415. The van der Waals surface area contributed by atoms with Crippen molar-refractivity contribution in [3.8, 4) is 0 Å². The van der Waals surface area contributed by atoms with Gasteiger partial charge in [0.15, 0.2) is 5.15 Å². The van der Waals surface area contributed by atoms with Crippen molar-refractivity contribution in [2.75, 3.05) is 0 Å². The van der Waals surface area contributed by atoms with E-state index in [0.29, 0.717) is 10.6 Å². The first-order valence-corrected chi connectivity index (χ1v) is 2.58. The maximum atomic E-state index is 5.40. The summed E-state index contributed by atoms with van der Waals surface area (Å²) in [4.78, 5) is 0. The maximum absolute atomic E-state index is 5.40. The van der Waals surface area contributed by atoms with Crippen molar-refractivity contribution in [2.45, 2.75) is 0 Å². The Morgan fingerprint density at radius 2 is 2.29 bits per heavy atom. The van der Waals surface area contributed by atoms with E-state index in [1.54, 1.807) is 0 Å². The van der Waals surface area contributed by atoms with Crippen molar-refractivity contribution >= 4 is 26.3 Å². The van der Waals surface area contributed by atoms with Crippen molar-refractivity contribution in [3.63, 3.8) is 0 Å². The van der Waals surface area contributed by atoms with Crippen molar-refractivity contribution in [1.82, 2.24) is 15.4 Å². The van der Waals surface area contributed by atoms with Gasteiger partial charge in [0.05, 0.1) is 0 Å². The van der Waals surface area contributed by atoms with Crippen LogP contribution in [-0.4, -0.2) is 15.4 Å². The van der Waals surface area contributed by atoms with E-state index in [-0.39, 0.29) is 0 Å². The summed E-state index contributed by atoms with van der Waals surface area (Å²) in [5.41, 5.74) is 0.654. The first-order valence-electron chi connectivity index (χ1n) is 1.62. The lowest BCUT2D eigenvalue weighted by Gasteiger charge is -1.71. The van der Waals surface area contributed by atoms with Crippen LogP contribution in [-0.2, 0) is 0 Å². The molecule has 0 radical (unpaired) electrons. The van der Waals surface area contributed by atoms with Crippen LogP contribution in [0.2, 0.25) is 5.15 Å². The third-order valence-electron chi connectivity index (χ3n) is 0.530. The first-order chi connectivity index (χ1) is 3.30. The number of aromatic nitrogens is 3. The Balaban J connectivity index is 3.12. The third-order valence-corrected chi connectivity index (χ3v) is 1.39. The minimum Gasteiger partial charge on any atom is -0.196 e. The van der Waals surface area contributed by atoms with Crippen LogP contribution >= 0.6 is 20.8 Å². The number of hydrogen-bond donors (Lipinski definition) is 1. The maximum Gasteiger partial charge on any atom is 0.178 e. The van der Waals surface area contributed by atoms with Gasteiger partial charge in [0.25, 0.3) is 0 Å². The molecule has 0 aromatic carbocycles. The van der Waals surface area contributed by atoms with Crippen LogP contribution in [0.25, 0.3) is 0 Å². The molecule has 7 heavy (non-hydrogen) atoms. The molecule has 38 valence electrons. The fraction of sp³-hybridized carbons (Fsp3) is 0. The molecule has 0 saturated carbocycles. The monoisotopic (exact) mass is 135 g/mol. The van der Waals surface area contributed by atoms with Crippen molar-refractivity contribution in [2.24, 2.45) is 0 Å². The molecule has 0 aliphatic rings. The summed E-state index contributed by atoms with van der Waals surface area (Å²) < 4.78 is 0. The highest BCUT2D eigenvalue weighted by Gasteiger charge is 1.93. The van der Waals surface area contributed by atoms with E-state index in [0.717, 1.165) is 0 Å². The second-order valence-electron chi connectivity index (χ2n) is 1.000. The molecule has 1 unspecified atom stereocenters. The lowest BCUT2D eigenvalue weighted by molar-refractivity contribution is 0.947. The zero-order valence-electron chi connectivity index (χ0n) is 3.35. The van der Waals surface area contributed by atoms with E-state index in [1.807, 2.05) is 0 Å². The minimum absolute atomic E-state index is 0.407. The zero-order chi connectivity index (χ0) is 5.28. The number of nitrogens with zero attached hydrogens (tertiary/aromatic N) is 2. The molecule has 1 N–H and O–H groups in total. The lowest BCUT2D eigenvalue weighted by Crippen LogP contribution is -1.89. The van der Waals surface area contributed by atoms with E-state index < -0.39 is 0 Å². The summed E-state index contributed by atoms with van der Waals surface area (Å²) in [5, 5.41) is 9.89. The van der Waals surface area contributed by atoms with Gasteiger partial charge in [-0.15, -0.1) is 5.10 Å². The van der Waals surface area contributed by atoms with E-state index in [2.05, 4.69) is 24.7 Å². The van der Waals surface area contributed by atoms with Gasteiger partial charge in [0.1, 0.15) is 5.44 Å². The van der Waals surface area contributed by atoms with Crippen molar-refractivity contribution in [1.29, 1.82) is 0 Å². The highest BCUT2D eigenvalue weighted by molar-refractivity contribution is 7.27. The fourth-order valence-corrected chi connectivity index (χ4v) is 0.429. The highest BCUT2D eigenvalue weighted by Crippen LogP contribution is 1.97. The van der Waals surface area contributed by atoms with Crippen molar-refractivity contribution in [3.05, 3.63) is 5.15 Å². The number of hydrogen-bond acceptors (Lipinski definition) is 2. The molecule has 1 aromatic heterocycles. The topological polar surface area (TPSA) is 41.6 Å². The summed E-state index contributed by atoms with van der Waals surface area (Å²) in [6.45, 7) is 0. The Bertz CT molecular complexity index is 145. The summed E-state index contributed by atoms with van der Waals surface area (Å²) in [7, 11) is 2.34. The number of H-pyrrole nitrogens is 1. The third kappa shape index (κ3) is 0.898. The molecule has 0 aliphatic carbocycles. The second kappa shape index (κ2) is 1.76. The van der Waals surface area contributed by atoms with Crippen molar-refractivity contribution < 1.29 is 0 Å². The summed E-state index contributed by atoms with van der Waals surface area (Å²) in [6.07, 6.45) is 0. The lowest BCUT2D eigenvalue weighted by atomic mass is 10.9. The number of nitrogens with one attached hydrogen (secondary N) is 1. The Morgan fingerprint density at radius 3 is 2.43 bits per heavy atom. The second-order valence-corrected chi connectivity index (χ2v) is 1.90. The van der Waals surface area contributed by atoms with Crippen LogP contribution in [0.4, 0.5) is 0 Å². The predicted molar refractivity (Wildman–Crippen MR) is 30.7 cm³/mol. The van der Waals surface area contributed by atoms with Crippen LogP contribution in [0.1, 0.15) is 0 Å². The first kappa shape index (κ1) is 5.01. The van der Waals surface area contributed by atoms with Gasteiger partial charge >= 0.3 is 0 Å². The molecule has 1 aromatic rings. The normalized spacial score (nSPS) is 9.43. The average Bonchev–Trinajstić information content (AvgIpc) is 1.91. The van der Waals surface area contributed by atoms with E-state index in [1.165, 1.54) is 0 Å². The fourth-order valence-electron chi connectivity index (χ4n) is 0.226. The van der Waals surface area contributed by atoms with Gasteiger partial charge in [-0.05, 0) is 0 Å². The Labute approximate surface area is 47.6 Å². The molecule has 0 amide bonds. The van der Waals surface area contributed by atoms with Gasteiger partial charge in [0.2, 0.25) is 0 Å². The smallest absolute Gasteiger partial charge is 0.178 e. The Morgan fingerprint density at radius 1 is 1.57 bits per heavy atom. The molecule has 3 nitrogen and oxygen atoms in total. The highest BCUT2D eigenvalue weighted by atomic mass is 35.5. The summed E-state index contributed by atoms with van der Waals surface area (Å²) in [6, 6.07) is 0. The van der Waals surface area contributed by atoms with E-state index in [4.69, 9.17) is 11.6 Å². The molecule has 1 rings (SSSR count). The molecule has 0 aliphatic heterocycles. The van der Waals surface area contributed by atoms with Crippen LogP contribution < -0.4 is 5.44 Å². The van der Waals surface area contributed by atoms with Gasteiger partial charge in [-0.2, -0.15) is 10.3 Å². The molecule has 5 heteroatoms.